The molecule has 0 saturated heterocycles. The predicted molar refractivity (Wildman–Crippen MR) is 74.2 cm³/mol. The number of rotatable bonds is 3. The van der Waals surface area contributed by atoms with Gasteiger partial charge in [-0.1, -0.05) is 6.07 Å². The maximum Gasteiger partial charge on any atom is 0.263 e. The zero-order chi connectivity index (χ0) is 12.3. The van der Waals surface area contributed by atoms with E-state index in [9.17, 15) is 8.42 Å². The molecule has 0 amide bonds. The van der Waals surface area contributed by atoms with Gasteiger partial charge in [-0.15, -0.1) is 0 Å². The Kier molecular flexibility index (Phi) is 3.63. The Hall–Kier alpha value is -1.15. The SMILES string of the molecule is O=S(=O)(Nc1cccc(I)c1)c1cccnc1. The summed E-state index contributed by atoms with van der Waals surface area (Å²) in [5, 5.41) is 0. The monoisotopic (exact) mass is 360 g/mol. The van der Waals surface area contributed by atoms with Crippen LogP contribution in [0.3, 0.4) is 0 Å². The van der Waals surface area contributed by atoms with E-state index in [4.69, 9.17) is 0 Å². The quantitative estimate of drug-likeness (QED) is 0.856. The summed E-state index contributed by atoms with van der Waals surface area (Å²) in [4.78, 5) is 3.94. The van der Waals surface area contributed by atoms with Gasteiger partial charge in [-0.25, -0.2) is 8.42 Å². The lowest BCUT2D eigenvalue weighted by Crippen LogP contribution is -2.13. The van der Waals surface area contributed by atoms with Crippen molar-refractivity contribution in [1.82, 2.24) is 4.98 Å². The second-order valence-electron chi connectivity index (χ2n) is 3.30. The van der Waals surface area contributed by atoms with Gasteiger partial charge in [0.25, 0.3) is 10.0 Å². The van der Waals surface area contributed by atoms with Crippen molar-refractivity contribution >= 4 is 38.3 Å². The number of nitrogens with zero attached hydrogens (tertiary/aromatic N) is 1. The first-order valence-corrected chi connectivity index (χ1v) is 7.32. The second-order valence-corrected chi connectivity index (χ2v) is 6.23. The topological polar surface area (TPSA) is 59.1 Å². The van der Waals surface area contributed by atoms with Gasteiger partial charge in [0.15, 0.2) is 0 Å². The minimum absolute atomic E-state index is 0.152. The van der Waals surface area contributed by atoms with Gasteiger partial charge in [-0.3, -0.25) is 9.71 Å². The van der Waals surface area contributed by atoms with Crippen molar-refractivity contribution in [3.8, 4) is 0 Å². The largest absolute Gasteiger partial charge is 0.280 e. The molecule has 1 aromatic carbocycles. The number of aromatic nitrogens is 1. The van der Waals surface area contributed by atoms with E-state index in [0.717, 1.165) is 3.57 Å². The highest BCUT2D eigenvalue weighted by molar-refractivity contribution is 14.1. The van der Waals surface area contributed by atoms with Gasteiger partial charge in [0.1, 0.15) is 4.90 Å². The average Bonchev–Trinajstić information content (AvgIpc) is 2.29. The maximum absolute atomic E-state index is 12.0. The Morgan fingerprint density at radius 1 is 1.18 bits per heavy atom. The Balaban J connectivity index is 2.30. The van der Waals surface area contributed by atoms with Gasteiger partial charge >= 0.3 is 0 Å². The highest BCUT2D eigenvalue weighted by Gasteiger charge is 2.13. The normalized spacial score (nSPS) is 11.1. The van der Waals surface area contributed by atoms with Crippen molar-refractivity contribution in [2.75, 3.05) is 4.72 Å². The first-order valence-electron chi connectivity index (χ1n) is 4.76. The number of benzene rings is 1. The molecule has 0 atom stereocenters. The smallest absolute Gasteiger partial charge is 0.263 e. The van der Waals surface area contributed by atoms with Gasteiger partial charge in [0.2, 0.25) is 0 Å². The van der Waals surface area contributed by atoms with Crippen LogP contribution in [0.15, 0.2) is 53.7 Å². The highest BCUT2D eigenvalue weighted by Crippen LogP contribution is 2.17. The Morgan fingerprint density at radius 3 is 2.65 bits per heavy atom. The zero-order valence-electron chi connectivity index (χ0n) is 8.67. The van der Waals surface area contributed by atoms with E-state index in [2.05, 4.69) is 32.3 Å². The Bertz CT molecular complexity index is 614. The van der Waals surface area contributed by atoms with E-state index in [1.54, 1.807) is 24.3 Å². The van der Waals surface area contributed by atoms with Crippen molar-refractivity contribution in [2.24, 2.45) is 0 Å². The van der Waals surface area contributed by atoms with Crippen LogP contribution in [0.1, 0.15) is 0 Å². The fourth-order valence-electron chi connectivity index (χ4n) is 1.27. The second kappa shape index (κ2) is 5.01. The van der Waals surface area contributed by atoms with Gasteiger partial charge < -0.3 is 0 Å². The molecule has 0 bridgehead atoms. The predicted octanol–water partition coefficient (Wildman–Crippen LogP) is 2.49. The molecular weight excluding hydrogens is 351 g/mol. The summed E-state index contributed by atoms with van der Waals surface area (Å²) < 4.78 is 27.4. The molecule has 1 aromatic heterocycles. The minimum atomic E-state index is -3.55. The molecule has 2 aromatic rings. The van der Waals surface area contributed by atoms with Crippen LogP contribution < -0.4 is 4.72 Å². The number of hydrogen-bond donors (Lipinski definition) is 1. The molecule has 0 fully saturated rings. The lowest BCUT2D eigenvalue weighted by atomic mass is 10.3. The average molecular weight is 360 g/mol. The first kappa shape index (κ1) is 12.3. The molecule has 0 saturated carbocycles. The van der Waals surface area contributed by atoms with Crippen LogP contribution in [0, 0.1) is 3.57 Å². The van der Waals surface area contributed by atoms with Gasteiger partial charge in [-0.05, 0) is 52.9 Å². The molecule has 2 rings (SSSR count). The van der Waals surface area contributed by atoms with Crippen LogP contribution in [0.5, 0.6) is 0 Å². The number of halogens is 1. The Labute approximate surface area is 113 Å². The van der Waals surface area contributed by atoms with Crippen molar-refractivity contribution in [3.05, 3.63) is 52.4 Å². The van der Waals surface area contributed by atoms with Crippen molar-refractivity contribution in [2.45, 2.75) is 4.90 Å². The fourth-order valence-corrected chi connectivity index (χ4v) is 2.83. The molecule has 88 valence electrons. The molecule has 0 aliphatic carbocycles. The van der Waals surface area contributed by atoms with Gasteiger partial charge in [0.05, 0.1) is 0 Å². The lowest BCUT2D eigenvalue weighted by molar-refractivity contribution is 0.601. The molecule has 1 N–H and O–H groups in total. The van der Waals surface area contributed by atoms with Crippen LogP contribution in [0.25, 0.3) is 0 Å². The molecule has 0 spiro atoms. The molecule has 0 radical (unpaired) electrons. The first-order chi connectivity index (χ1) is 8.08. The number of sulfonamides is 1. The molecule has 0 aliphatic rings. The molecule has 4 nitrogen and oxygen atoms in total. The standard InChI is InChI=1S/C11H9IN2O2S/c12-9-3-1-4-10(7-9)14-17(15,16)11-5-2-6-13-8-11/h1-8,14H. The number of pyridine rings is 1. The fraction of sp³-hybridized carbons (Fsp3) is 0. The van der Waals surface area contributed by atoms with Crippen LogP contribution in [0.2, 0.25) is 0 Å². The molecule has 6 heteroatoms. The van der Waals surface area contributed by atoms with E-state index in [1.165, 1.54) is 18.5 Å². The molecule has 0 aliphatic heterocycles. The third kappa shape index (κ3) is 3.16. The minimum Gasteiger partial charge on any atom is -0.280 e. The summed E-state index contributed by atoms with van der Waals surface area (Å²) in [6, 6.07) is 10.2. The highest BCUT2D eigenvalue weighted by atomic mass is 127. The summed E-state index contributed by atoms with van der Waals surface area (Å²) in [6.45, 7) is 0. The zero-order valence-corrected chi connectivity index (χ0v) is 11.6. The van der Waals surface area contributed by atoms with Crippen molar-refractivity contribution in [1.29, 1.82) is 0 Å². The third-order valence-corrected chi connectivity index (χ3v) is 4.06. The van der Waals surface area contributed by atoms with E-state index >= 15 is 0 Å². The van der Waals surface area contributed by atoms with E-state index in [0.29, 0.717) is 5.69 Å². The summed E-state index contributed by atoms with van der Waals surface area (Å²) in [7, 11) is -3.55. The third-order valence-electron chi connectivity index (χ3n) is 2.02. The van der Waals surface area contributed by atoms with Crippen molar-refractivity contribution in [3.63, 3.8) is 0 Å². The van der Waals surface area contributed by atoms with Crippen LogP contribution >= 0.6 is 22.6 Å². The van der Waals surface area contributed by atoms with Crippen LogP contribution in [-0.4, -0.2) is 13.4 Å². The molecule has 0 unspecified atom stereocenters. The van der Waals surface area contributed by atoms with E-state index < -0.39 is 10.0 Å². The number of hydrogen-bond acceptors (Lipinski definition) is 3. The van der Waals surface area contributed by atoms with E-state index in [-0.39, 0.29) is 4.90 Å². The molecule has 17 heavy (non-hydrogen) atoms. The van der Waals surface area contributed by atoms with E-state index in [1.807, 2.05) is 6.07 Å². The van der Waals surface area contributed by atoms with Crippen LogP contribution in [0.4, 0.5) is 5.69 Å². The van der Waals surface area contributed by atoms with Crippen molar-refractivity contribution < 1.29 is 8.42 Å². The maximum atomic E-state index is 12.0. The summed E-state index contributed by atoms with van der Waals surface area (Å²) in [6.07, 6.45) is 2.85. The number of nitrogens with one attached hydrogen (secondary N) is 1. The summed E-state index contributed by atoms with van der Waals surface area (Å²) in [5.41, 5.74) is 0.542. The summed E-state index contributed by atoms with van der Waals surface area (Å²) in [5.74, 6) is 0. The lowest BCUT2D eigenvalue weighted by Gasteiger charge is -2.07. The van der Waals surface area contributed by atoms with Crippen LogP contribution in [-0.2, 0) is 10.0 Å². The number of anilines is 1. The van der Waals surface area contributed by atoms with Gasteiger partial charge in [0, 0.05) is 21.7 Å². The van der Waals surface area contributed by atoms with Gasteiger partial charge in [-0.2, -0.15) is 0 Å². The summed E-state index contributed by atoms with van der Waals surface area (Å²) >= 11 is 2.12. The molecular formula is C11H9IN2O2S. The Morgan fingerprint density at radius 2 is 2.00 bits per heavy atom. The molecule has 1 heterocycles.